The van der Waals surface area contributed by atoms with Crippen molar-refractivity contribution in [1.82, 2.24) is 4.31 Å². The topological polar surface area (TPSA) is 57.7 Å². The third-order valence-corrected chi connectivity index (χ3v) is 6.25. The van der Waals surface area contributed by atoms with E-state index < -0.39 is 21.7 Å². The Hall–Kier alpha value is -2.32. The van der Waals surface area contributed by atoms with E-state index in [1.54, 1.807) is 11.0 Å². The van der Waals surface area contributed by atoms with Gasteiger partial charge in [-0.3, -0.25) is 4.79 Å². The van der Waals surface area contributed by atoms with Gasteiger partial charge in [-0.15, -0.1) is 0 Å². The summed E-state index contributed by atoms with van der Waals surface area (Å²) in [6.07, 6.45) is 0. The van der Waals surface area contributed by atoms with Crippen molar-refractivity contribution in [2.45, 2.75) is 11.8 Å². The van der Waals surface area contributed by atoms with E-state index in [9.17, 15) is 22.0 Å². The van der Waals surface area contributed by atoms with Gasteiger partial charge >= 0.3 is 0 Å². The van der Waals surface area contributed by atoms with Crippen LogP contribution in [0, 0.1) is 11.6 Å². The number of anilines is 1. The number of rotatable bonds is 4. The Kier molecular flexibility index (Phi) is 5.06. The number of piperazine rings is 1. The maximum Gasteiger partial charge on any atom is 0.243 e. The van der Waals surface area contributed by atoms with Gasteiger partial charge in [-0.05, 0) is 37.3 Å². The molecule has 0 bridgehead atoms. The van der Waals surface area contributed by atoms with E-state index in [1.165, 1.54) is 41.6 Å². The number of nitrogens with zero attached hydrogens (tertiary/aromatic N) is 2. The van der Waals surface area contributed by atoms with Gasteiger partial charge in [-0.25, -0.2) is 17.2 Å². The van der Waals surface area contributed by atoms with Crippen LogP contribution in [0.25, 0.3) is 0 Å². The summed E-state index contributed by atoms with van der Waals surface area (Å²) in [5, 5.41) is 0. The molecule has 0 aliphatic carbocycles. The molecule has 0 atom stereocenters. The molecule has 1 aliphatic heterocycles. The Morgan fingerprint density at radius 1 is 1.00 bits per heavy atom. The van der Waals surface area contributed by atoms with Gasteiger partial charge in [0.2, 0.25) is 10.0 Å². The minimum Gasteiger partial charge on any atom is -0.368 e. The van der Waals surface area contributed by atoms with Crippen molar-refractivity contribution < 1.29 is 22.0 Å². The minimum atomic E-state index is -3.80. The van der Waals surface area contributed by atoms with Crippen LogP contribution in [0.4, 0.5) is 14.5 Å². The van der Waals surface area contributed by atoms with Crippen LogP contribution in [-0.4, -0.2) is 44.7 Å². The third-order valence-electron chi connectivity index (χ3n) is 4.36. The molecule has 2 aromatic rings. The third kappa shape index (κ3) is 3.47. The molecule has 26 heavy (non-hydrogen) atoms. The van der Waals surface area contributed by atoms with E-state index in [-0.39, 0.29) is 29.3 Å². The summed E-state index contributed by atoms with van der Waals surface area (Å²) in [7, 11) is -3.80. The highest BCUT2D eigenvalue weighted by Crippen LogP contribution is 2.26. The van der Waals surface area contributed by atoms with E-state index in [0.717, 1.165) is 6.07 Å². The fourth-order valence-corrected chi connectivity index (χ4v) is 4.52. The van der Waals surface area contributed by atoms with Gasteiger partial charge in [-0.1, -0.05) is 12.1 Å². The highest BCUT2D eigenvalue weighted by molar-refractivity contribution is 7.89. The van der Waals surface area contributed by atoms with Crippen LogP contribution in [0.2, 0.25) is 0 Å². The number of carbonyl (C=O) groups excluding carboxylic acids is 1. The minimum absolute atomic E-state index is 0.00828. The number of Topliss-reactive ketones (excluding diaryl/α,β-unsaturated/α-hetero) is 1. The van der Waals surface area contributed by atoms with Gasteiger partial charge in [0, 0.05) is 26.2 Å². The van der Waals surface area contributed by atoms with Gasteiger partial charge in [-0.2, -0.15) is 4.31 Å². The Morgan fingerprint density at radius 2 is 1.65 bits per heavy atom. The fraction of sp³-hybridized carbons (Fsp3) is 0.278. The lowest BCUT2D eigenvalue weighted by Gasteiger charge is -2.36. The van der Waals surface area contributed by atoms with Crippen LogP contribution in [0.1, 0.15) is 17.3 Å². The molecule has 0 radical (unpaired) electrons. The highest BCUT2D eigenvalue weighted by Gasteiger charge is 2.30. The summed E-state index contributed by atoms with van der Waals surface area (Å²) in [5.41, 5.74) is 0.467. The van der Waals surface area contributed by atoms with Crippen molar-refractivity contribution in [2.24, 2.45) is 0 Å². The number of sulfonamides is 1. The van der Waals surface area contributed by atoms with Crippen molar-refractivity contribution in [1.29, 1.82) is 0 Å². The molecule has 0 aromatic heterocycles. The van der Waals surface area contributed by atoms with Crippen LogP contribution >= 0.6 is 0 Å². The average molecular weight is 380 g/mol. The predicted molar refractivity (Wildman–Crippen MR) is 93.8 cm³/mol. The SMILES string of the molecule is CC(=O)c1c(F)cccc1N1CCN(S(=O)(=O)c2cccc(F)c2)CC1. The van der Waals surface area contributed by atoms with Crippen LogP contribution in [0.15, 0.2) is 47.4 Å². The molecule has 0 N–H and O–H groups in total. The lowest BCUT2D eigenvalue weighted by Crippen LogP contribution is -2.49. The predicted octanol–water partition coefficient (Wildman–Crippen LogP) is 2.68. The Bertz CT molecular complexity index is 939. The normalized spacial score (nSPS) is 15.9. The van der Waals surface area contributed by atoms with Crippen molar-refractivity contribution in [2.75, 3.05) is 31.1 Å². The monoisotopic (exact) mass is 380 g/mol. The largest absolute Gasteiger partial charge is 0.368 e. The standard InChI is InChI=1S/C18H18F2N2O3S/c1-13(23)18-16(20)6-3-7-17(18)21-8-10-22(11-9-21)26(24,25)15-5-2-4-14(19)12-15/h2-7,12H,8-11H2,1H3. The van der Waals surface area contributed by atoms with E-state index in [4.69, 9.17) is 0 Å². The van der Waals surface area contributed by atoms with Crippen LogP contribution in [0.3, 0.4) is 0 Å². The molecule has 1 aliphatic rings. The highest BCUT2D eigenvalue weighted by atomic mass is 32.2. The number of ketones is 1. The summed E-state index contributed by atoms with van der Waals surface area (Å²) in [4.78, 5) is 13.5. The van der Waals surface area contributed by atoms with Crippen molar-refractivity contribution in [3.8, 4) is 0 Å². The zero-order valence-corrected chi connectivity index (χ0v) is 15.0. The van der Waals surface area contributed by atoms with E-state index in [0.29, 0.717) is 18.8 Å². The van der Waals surface area contributed by atoms with E-state index in [2.05, 4.69) is 0 Å². The lowest BCUT2D eigenvalue weighted by molar-refractivity contribution is 0.101. The number of hydrogen-bond donors (Lipinski definition) is 0. The van der Waals surface area contributed by atoms with E-state index in [1.807, 2.05) is 0 Å². The Labute approximate surface area is 150 Å². The first-order chi connectivity index (χ1) is 12.3. The van der Waals surface area contributed by atoms with Gasteiger partial charge in [0.15, 0.2) is 5.78 Å². The average Bonchev–Trinajstić information content (AvgIpc) is 2.61. The van der Waals surface area contributed by atoms with Gasteiger partial charge in [0.05, 0.1) is 16.1 Å². The molecule has 1 fully saturated rings. The zero-order valence-electron chi connectivity index (χ0n) is 14.2. The molecule has 3 rings (SSSR count). The van der Waals surface area contributed by atoms with Crippen molar-refractivity contribution in [3.63, 3.8) is 0 Å². The molecule has 0 unspecified atom stereocenters. The first kappa shape index (κ1) is 18.5. The summed E-state index contributed by atoms with van der Waals surface area (Å²) in [6.45, 7) is 2.22. The van der Waals surface area contributed by atoms with Gasteiger partial charge in [0.1, 0.15) is 11.6 Å². The second-order valence-corrected chi connectivity index (χ2v) is 7.98. The number of hydrogen-bond acceptors (Lipinski definition) is 4. The number of benzene rings is 2. The molecule has 1 heterocycles. The number of halogens is 2. The molecule has 0 saturated carbocycles. The van der Waals surface area contributed by atoms with Gasteiger partial charge in [0.25, 0.3) is 0 Å². The first-order valence-corrected chi connectivity index (χ1v) is 9.55. The summed E-state index contributed by atoms with van der Waals surface area (Å²) in [6, 6.07) is 9.27. The van der Waals surface area contributed by atoms with Crippen LogP contribution in [0.5, 0.6) is 0 Å². The van der Waals surface area contributed by atoms with E-state index >= 15 is 0 Å². The first-order valence-electron chi connectivity index (χ1n) is 8.11. The molecule has 5 nitrogen and oxygen atoms in total. The molecular weight excluding hydrogens is 362 g/mol. The molecule has 1 saturated heterocycles. The quantitative estimate of drug-likeness (QED) is 0.766. The maximum atomic E-state index is 14.0. The second-order valence-electron chi connectivity index (χ2n) is 6.04. The molecule has 0 spiro atoms. The smallest absolute Gasteiger partial charge is 0.243 e. The van der Waals surface area contributed by atoms with Crippen LogP contribution < -0.4 is 4.90 Å². The maximum absolute atomic E-state index is 14.0. The second kappa shape index (κ2) is 7.13. The molecule has 0 amide bonds. The van der Waals surface area contributed by atoms with Crippen LogP contribution in [-0.2, 0) is 10.0 Å². The van der Waals surface area contributed by atoms with Crippen molar-refractivity contribution >= 4 is 21.5 Å². The van der Waals surface area contributed by atoms with Gasteiger partial charge < -0.3 is 4.90 Å². The Balaban J connectivity index is 1.80. The zero-order chi connectivity index (χ0) is 18.9. The molecular formula is C18H18F2N2O3S. The molecule has 138 valence electrons. The summed E-state index contributed by atoms with van der Waals surface area (Å²) >= 11 is 0. The van der Waals surface area contributed by atoms with Crippen molar-refractivity contribution in [3.05, 3.63) is 59.7 Å². The molecule has 2 aromatic carbocycles. The summed E-state index contributed by atoms with van der Waals surface area (Å²) < 4.78 is 53.9. The summed E-state index contributed by atoms with van der Waals surface area (Å²) in [5.74, 6) is -1.59. The molecule has 8 heteroatoms. The lowest BCUT2D eigenvalue weighted by atomic mass is 10.1. The Morgan fingerprint density at radius 3 is 2.27 bits per heavy atom. The number of carbonyl (C=O) groups is 1. The fourth-order valence-electron chi connectivity index (χ4n) is 3.07.